The fourth-order valence-corrected chi connectivity index (χ4v) is 5.15. The molecule has 0 spiro atoms. The third-order valence-electron chi connectivity index (χ3n) is 5.18. The van der Waals surface area contributed by atoms with E-state index in [4.69, 9.17) is 0 Å². The van der Waals surface area contributed by atoms with Gasteiger partial charge in [0.25, 0.3) is 0 Å². The molecule has 0 amide bonds. The van der Waals surface area contributed by atoms with E-state index >= 15 is 0 Å². The van der Waals surface area contributed by atoms with Gasteiger partial charge >= 0.3 is 0 Å². The van der Waals surface area contributed by atoms with Gasteiger partial charge in [-0.25, -0.2) is 12.8 Å². The second kappa shape index (κ2) is 7.93. The fraction of sp³-hybridized carbons (Fsp3) is 0.167. The molecule has 1 aliphatic rings. The van der Waals surface area contributed by atoms with Crippen molar-refractivity contribution in [2.24, 2.45) is 0 Å². The summed E-state index contributed by atoms with van der Waals surface area (Å²) in [5.41, 5.74) is 3.73. The Morgan fingerprint density at radius 1 is 0.828 bits per heavy atom. The van der Waals surface area contributed by atoms with Gasteiger partial charge in [0.05, 0.1) is 10.9 Å². The molecule has 3 aromatic rings. The maximum Gasteiger partial charge on any atom is 0.176 e. The van der Waals surface area contributed by atoms with E-state index < -0.39 is 9.84 Å². The molecule has 0 saturated carbocycles. The van der Waals surface area contributed by atoms with Crippen LogP contribution in [0.1, 0.15) is 22.7 Å². The lowest BCUT2D eigenvalue weighted by Crippen LogP contribution is -2.44. The molecule has 4 rings (SSSR count). The highest BCUT2D eigenvalue weighted by Gasteiger charge is 2.34. The van der Waals surface area contributed by atoms with Crippen molar-refractivity contribution >= 4 is 14.7 Å². The van der Waals surface area contributed by atoms with Gasteiger partial charge in [0.2, 0.25) is 0 Å². The van der Waals surface area contributed by atoms with Crippen LogP contribution in [-0.2, 0) is 9.84 Å². The van der Waals surface area contributed by atoms with E-state index in [9.17, 15) is 12.8 Å². The Bertz CT molecular complexity index is 1080. The molecule has 1 saturated heterocycles. The first-order valence-electron chi connectivity index (χ1n) is 9.45. The first kappa shape index (κ1) is 19.6. The van der Waals surface area contributed by atoms with Crippen molar-refractivity contribution < 1.29 is 12.8 Å². The smallest absolute Gasteiger partial charge is 0.176 e. The standard InChI is InChI=1S/C24H22FNO2S/c1-29(27,28)24(20-12-14-22(25)15-13-20)21-16-26(17-21)23(18-8-4-2-5-9-18)19-10-6-3-7-11-19/h2-15,23H,16-17H2,1H3. The first-order valence-corrected chi connectivity index (χ1v) is 11.3. The largest absolute Gasteiger partial charge is 0.284 e. The Balaban J connectivity index is 1.70. The summed E-state index contributed by atoms with van der Waals surface area (Å²) < 4.78 is 38.3. The van der Waals surface area contributed by atoms with Crippen LogP contribution >= 0.6 is 0 Å². The zero-order chi connectivity index (χ0) is 20.4. The van der Waals surface area contributed by atoms with Crippen molar-refractivity contribution in [3.63, 3.8) is 0 Å². The van der Waals surface area contributed by atoms with Gasteiger partial charge in [0, 0.05) is 19.3 Å². The summed E-state index contributed by atoms with van der Waals surface area (Å²) in [5.74, 6) is -0.380. The average molecular weight is 408 g/mol. The summed E-state index contributed by atoms with van der Waals surface area (Å²) in [6.45, 7) is 1.10. The summed E-state index contributed by atoms with van der Waals surface area (Å²) in [7, 11) is -3.44. The van der Waals surface area contributed by atoms with E-state index in [0.29, 0.717) is 23.6 Å². The minimum Gasteiger partial charge on any atom is -0.284 e. The Morgan fingerprint density at radius 3 is 1.76 bits per heavy atom. The first-order chi connectivity index (χ1) is 13.9. The Hall–Kier alpha value is -2.76. The lowest BCUT2D eigenvalue weighted by molar-refractivity contribution is 0.203. The second-order valence-corrected chi connectivity index (χ2v) is 9.29. The molecular formula is C24H22FNO2S. The quantitative estimate of drug-likeness (QED) is 0.616. The van der Waals surface area contributed by atoms with Crippen LogP contribution in [0.5, 0.6) is 0 Å². The van der Waals surface area contributed by atoms with Gasteiger partial charge in [-0.1, -0.05) is 72.8 Å². The van der Waals surface area contributed by atoms with Crippen LogP contribution in [0.15, 0.2) is 90.5 Å². The monoisotopic (exact) mass is 407 g/mol. The van der Waals surface area contributed by atoms with Crippen molar-refractivity contribution in [3.05, 3.63) is 113 Å². The van der Waals surface area contributed by atoms with E-state index in [2.05, 4.69) is 29.2 Å². The predicted molar refractivity (Wildman–Crippen MR) is 114 cm³/mol. The normalized spacial score (nSPS) is 14.7. The molecule has 0 unspecified atom stereocenters. The number of hydrogen-bond acceptors (Lipinski definition) is 3. The van der Waals surface area contributed by atoms with E-state index in [-0.39, 0.29) is 11.9 Å². The minimum atomic E-state index is -3.44. The van der Waals surface area contributed by atoms with Crippen LogP contribution in [0.3, 0.4) is 0 Å². The Morgan fingerprint density at radius 2 is 1.31 bits per heavy atom. The lowest BCUT2D eigenvalue weighted by Gasteiger charge is -2.42. The van der Waals surface area contributed by atoms with Crippen LogP contribution in [0.2, 0.25) is 0 Å². The number of benzene rings is 3. The van der Waals surface area contributed by atoms with Crippen LogP contribution < -0.4 is 0 Å². The van der Waals surface area contributed by atoms with Crippen LogP contribution in [0.4, 0.5) is 4.39 Å². The van der Waals surface area contributed by atoms with Gasteiger partial charge in [0.1, 0.15) is 5.82 Å². The van der Waals surface area contributed by atoms with Crippen molar-refractivity contribution in [2.45, 2.75) is 6.04 Å². The van der Waals surface area contributed by atoms with Gasteiger partial charge in [0.15, 0.2) is 9.84 Å². The molecule has 148 valence electrons. The molecule has 0 aliphatic carbocycles. The number of likely N-dealkylation sites (tertiary alicyclic amines) is 1. The summed E-state index contributed by atoms with van der Waals surface area (Å²) >= 11 is 0. The fourth-order valence-electron chi connectivity index (χ4n) is 3.94. The van der Waals surface area contributed by atoms with Gasteiger partial charge in [-0.15, -0.1) is 0 Å². The highest BCUT2D eigenvalue weighted by Crippen LogP contribution is 2.38. The Kier molecular flexibility index (Phi) is 5.35. The molecule has 0 atom stereocenters. The van der Waals surface area contributed by atoms with Gasteiger partial charge < -0.3 is 0 Å². The number of rotatable bonds is 5. The van der Waals surface area contributed by atoms with Gasteiger partial charge in [-0.2, -0.15) is 0 Å². The lowest BCUT2D eigenvalue weighted by atomic mass is 9.92. The van der Waals surface area contributed by atoms with Crippen molar-refractivity contribution in [3.8, 4) is 0 Å². The van der Waals surface area contributed by atoms with Crippen LogP contribution in [0.25, 0.3) is 4.91 Å². The number of hydrogen-bond donors (Lipinski definition) is 0. The molecule has 0 bridgehead atoms. The summed E-state index contributed by atoms with van der Waals surface area (Å²) in [4.78, 5) is 2.57. The second-order valence-electron chi connectivity index (χ2n) is 7.34. The van der Waals surface area contributed by atoms with Crippen molar-refractivity contribution in [2.75, 3.05) is 19.3 Å². The van der Waals surface area contributed by atoms with Crippen molar-refractivity contribution in [1.29, 1.82) is 0 Å². The third-order valence-corrected chi connectivity index (χ3v) is 6.45. The molecule has 5 heteroatoms. The minimum absolute atomic E-state index is 0.0511. The number of sulfone groups is 1. The molecule has 0 radical (unpaired) electrons. The van der Waals surface area contributed by atoms with Gasteiger partial charge in [-0.05, 0) is 34.4 Å². The SMILES string of the molecule is CS(=O)(=O)C(=C1CN(C(c2ccccc2)c2ccccc2)C1)c1ccc(F)cc1. The highest BCUT2D eigenvalue weighted by atomic mass is 32.2. The van der Waals surface area contributed by atoms with E-state index in [0.717, 1.165) is 5.57 Å². The molecule has 0 aromatic heterocycles. The summed E-state index contributed by atoms with van der Waals surface area (Å²) in [6, 6.07) is 26.1. The molecule has 29 heavy (non-hydrogen) atoms. The molecular weight excluding hydrogens is 385 g/mol. The zero-order valence-electron chi connectivity index (χ0n) is 16.1. The maximum atomic E-state index is 13.3. The molecule has 1 fully saturated rings. The topological polar surface area (TPSA) is 37.4 Å². The molecule has 1 aliphatic heterocycles. The summed E-state index contributed by atoms with van der Waals surface area (Å²) in [6.07, 6.45) is 1.22. The van der Waals surface area contributed by atoms with Crippen LogP contribution in [-0.4, -0.2) is 32.7 Å². The number of halogens is 1. The molecule has 3 aromatic carbocycles. The zero-order valence-corrected chi connectivity index (χ0v) is 16.9. The number of nitrogens with zero attached hydrogens (tertiary/aromatic N) is 1. The van der Waals surface area contributed by atoms with E-state index in [1.54, 1.807) is 0 Å². The third kappa shape index (κ3) is 4.16. The molecule has 3 nitrogen and oxygen atoms in total. The van der Waals surface area contributed by atoms with E-state index in [1.807, 2.05) is 36.4 Å². The Labute approximate surface area is 171 Å². The molecule has 1 heterocycles. The molecule has 0 N–H and O–H groups in total. The average Bonchev–Trinajstić information content (AvgIpc) is 2.68. The van der Waals surface area contributed by atoms with E-state index in [1.165, 1.54) is 41.6 Å². The van der Waals surface area contributed by atoms with Crippen molar-refractivity contribution in [1.82, 2.24) is 4.90 Å². The highest BCUT2D eigenvalue weighted by molar-refractivity contribution is 8.00. The maximum absolute atomic E-state index is 13.3. The predicted octanol–water partition coefficient (Wildman–Crippen LogP) is 4.69. The van der Waals surface area contributed by atoms with Crippen LogP contribution in [0, 0.1) is 5.82 Å². The van der Waals surface area contributed by atoms with Gasteiger partial charge in [-0.3, -0.25) is 4.90 Å². The summed E-state index contributed by atoms with van der Waals surface area (Å²) in [5, 5.41) is 0.